The molecule has 138 valence electrons. The zero-order valence-corrected chi connectivity index (χ0v) is 15.4. The molecule has 3 heteroatoms. The Hall–Kier alpha value is -2.16. The fraction of sp³-hybridized carbons (Fsp3) is 0.435. The number of esters is 1. The summed E-state index contributed by atoms with van der Waals surface area (Å²) in [6.07, 6.45) is 9.10. The first-order valence-electron chi connectivity index (χ1n) is 9.73. The SMILES string of the molecule is CCCCC1CCC(c2ccc(C(=O)Oc3cccc(F)c3)cc2)CC1. The van der Waals surface area contributed by atoms with E-state index in [2.05, 4.69) is 6.92 Å². The Morgan fingerprint density at radius 1 is 1.08 bits per heavy atom. The van der Waals surface area contributed by atoms with E-state index in [1.165, 1.54) is 68.7 Å². The van der Waals surface area contributed by atoms with Crippen molar-refractivity contribution in [3.63, 3.8) is 0 Å². The Balaban J connectivity index is 1.56. The topological polar surface area (TPSA) is 26.3 Å². The van der Waals surface area contributed by atoms with Crippen molar-refractivity contribution in [1.29, 1.82) is 0 Å². The van der Waals surface area contributed by atoms with Gasteiger partial charge in [-0.3, -0.25) is 0 Å². The third kappa shape index (κ3) is 4.94. The number of unbranched alkanes of at least 4 members (excludes halogenated alkanes) is 1. The van der Waals surface area contributed by atoms with E-state index in [9.17, 15) is 9.18 Å². The molecule has 0 saturated heterocycles. The minimum atomic E-state index is -0.453. The Morgan fingerprint density at radius 2 is 1.81 bits per heavy atom. The van der Waals surface area contributed by atoms with Gasteiger partial charge in [-0.05, 0) is 67.3 Å². The van der Waals surface area contributed by atoms with Gasteiger partial charge in [-0.1, -0.05) is 44.4 Å². The summed E-state index contributed by atoms with van der Waals surface area (Å²) in [5.74, 6) is 0.850. The maximum Gasteiger partial charge on any atom is 0.343 e. The van der Waals surface area contributed by atoms with Crippen molar-refractivity contribution >= 4 is 5.97 Å². The van der Waals surface area contributed by atoms with Crippen LogP contribution in [0.3, 0.4) is 0 Å². The summed E-state index contributed by atoms with van der Waals surface area (Å²) in [6, 6.07) is 13.4. The van der Waals surface area contributed by atoms with E-state index in [4.69, 9.17) is 4.74 Å². The molecular formula is C23H27FO2. The molecule has 1 aliphatic carbocycles. The first-order chi connectivity index (χ1) is 12.7. The lowest BCUT2D eigenvalue weighted by Crippen LogP contribution is -2.14. The van der Waals surface area contributed by atoms with Gasteiger partial charge >= 0.3 is 5.97 Å². The van der Waals surface area contributed by atoms with Crippen molar-refractivity contribution in [3.05, 3.63) is 65.5 Å². The number of hydrogen-bond acceptors (Lipinski definition) is 2. The highest BCUT2D eigenvalue weighted by atomic mass is 19.1. The first kappa shape index (κ1) is 18.6. The van der Waals surface area contributed by atoms with Crippen molar-refractivity contribution in [1.82, 2.24) is 0 Å². The molecule has 0 aliphatic heterocycles. The van der Waals surface area contributed by atoms with Crippen LogP contribution in [0.15, 0.2) is 48.5 Å². The van der Waals surface area contributed by atoms with Crippen LogP contribution in [0.4, 0.5) is 4.39 Å². The minimum absolute atomic E-state index is 0.226. The Labute approximate surface area is 155 Å². The number of halogens is 1. The molecule has 0 spiro atoms. The lowest BCUT2D eigenvalue weighted by atomic mass is 9.77. The summed E-state index contributed by atoms with van der Waals surface area (Å²) in [7, 11) is 0. The normalized spacial score (nSPS) is 19.9. The lowest BCUT2D eigenvalue weighted by Gasteiger charge is -2.28. The zero-order valence-electron chi connectivity index (χ0n) is 15.4. The van der Waals surface area contributed by atoms with Crippen molar-refractivity contribution in [3.8, 4) is 5.75 Å². The number of ether oxygens (including phenoxy) is 1. The third-order valence-electron chi connectivity index (χ3n) is 5.44. The van der Waals surface area contributed by atoms with Crippen LogP contribution in [-0.2, 0) is 0 Å². The van der Waals surface area contributed by atoms with Gasteiger partial charge in [-0.2, -0.15) is 0 Å². The van der Waals surface area contributed by atoms with E-state index < -0.39 is 11.8 Å². The van der Waals surface area contributed by atoms with Gasteiger partial charge < -0.3 is 4.74 Å². The second-order valence-corrected chi connectivity index (χ2v) is 7.33. The number of benzene rings is 2. The average Bonchev–Trinajstić information content (AvgIpc) is 2.67. The summed E-state index contributed by atoms with van der Waals surface area (Å²) >= 11 is 0. The van der Waals surface area contributed by atoms with E-state index in [0.717, 1.165) is 5.92 Å². The van der Waals surface area contributed by atoms with Crippen molar-refractivity contribution in [2.75, 3.05) is 0 Å². The van der Waals surface area contributed by atoms with Crippen molar-refractivity contribution < 1.29 is 13.9 Å². The molecule has 0 bridgehead atoms. The highest BCUT2D eigenvalue weighted by Crippen LogP contribution is 2.37. The minimum Gasteiger partial charge on any atom is -0.423 e. The van der Waals surface area contributed by atoms with E-state index >= 15 is 0 Å². The van der Waals surface area contributed by atoms with Gasteiger partial charge in [0.15, 0.2) is 0 Å². The highest BCUT2D eigenvalue weighted by molar-refractivity contribution is 5.91. The van der Waals surface area contributed by atoms with Crippen LogP contribution in [0.2, 0.25) is 0 Å². The van der Waals surface area contributed by atoms with Crippen LogP contribution >= 0.6 is 0 Å². The average molecular weight is 354 g/mol. The van der Waals surface area contributed by atoms with Crippen molar-refractivity contribution in [2.24, 2.45) is 5.92 Å². The third-order valence-corrected chi connectivity index (χ3v) is 5.44. The Kier molecular flexibility index (Phi) is 6.43. The van der Waals surface area contributed by atoms with E-state index in [-0.39, 0.29) is 5.75 Å². The van der Waals surface area contributed by atoms with Crippen LogP contribution in [0, 0.1) is 11.7 Å². The molecule has 0 radical (unpaired) electrons. The molecule has 1 fully saturated rings. The maximum absolute atomic E-state index is 13.2. The molecule has 0 amide bonds. The molecule has 0 unspecified atom stereocenters. The molecule has 2 aromatic carbocycles. The zero-order chi connectivity index (χ0) is 18.4. The maximum atomic E-state index is 13.2. The van der Waals surface area contributed by atoms with Gasteiger partial charge in [-0.15, -0.1) is 0 Å². The molecule has 3 rings (SSSR count). The molecule has 1 saturated carbocycles. The predicted molar refractivity (Wildman–Crippen MR) is 102 cm³/mol. The first-order valence-corrected chi connectivity index (χ1v) is 9.73. The summed E-state index contributed by atoms with van der Waals surface area (Å²) in [5.41, 5.74) is 1.80. The fourth-order valence-electron chi connectivity index (χ4n) is 3.87. The number of carbonyl (C=O) groups is 1. The number of carbonyl (C=O) groups excluding carboxylic acids is 1. The van der Waals surface area contributed by atoms with Gasteiger partial charge in [0.2, 0.25) is 0 Å². The second-order valence-electron chi connectivity index (χ2n) is 7.33. The summed E-state index contributed by atoms with van der Waals surface area (Å²) in [4.78, 5) is 12.2. The number of hydrogen-bond donors (Lipinski definition) is 0. The molecule has 26 heavy (non-hydrogen) atoms. The van der Waals surface area contributed by atoms with Crippen LogP contribution in [-0.4, -0.2) is 5.97 Å². The van der Waals surface area contributed by atoms with E-state index in [1.54, 1.807) is 6.07 Å². The monoisotopic (exact) mass is 354 g/mol. The largest absolute Gasteiger partial charge is 0.423 e. The Bertz CT molecular complexity index is 715. The highest BCUT2D eigenvalue weighted by Gasteiger charge is 2.22. The van der Waals surface area contributed by atoms with E-state index in [0.29, 0.717) is 11.5 Å². The fourth-order valence-corrected chi connectivity index (χ4v) is 3.87. The summed E-state index contributed by atoms with van der Waals surface area (Å²) in [5, 5.41) is 0. The van der Waals surface area contributed by atoms with Crippen molar-refractivity contribution in [2.45, 2.75) is 57.8 Å². The molecule has 2 aromatic rings. The van der Waals surface area contributed by atoms with Crippen LogP contribution < -0.4 is 4.74 Å². The summed E-state index contributed by atoms with van der Waals surface area (Å²) < 4.78 is 18.4. The molecule has 0 atom stereocenters. The van der Waals surface area contributed by atoms with Gasteiger partial charge in [-0.25, -0.2) is 9.18 Å². The molecule has 0 N–H and O–H groups in total. The second kappa shape index (κ2) is 8.98. The molecule has 0 heterocycles. The lowest BCUT2D eigenvalue weighted by molar-refractivity contribution is 0.0734. The van der Waals surface area contributed by atoms with Gasteiger partial charge in [0.25, 0.3) is 0 Å². The van der Waals surface area contributed by atoms with Crippen LogP contribution in [0.1, 0.15) is 73.7 Å². The van der Waals surface area contributed by atoms with Gasteiger partial charge in [0.05, 0.1) is 5.56 Å². The standard InChI is InChI=1S/C23H27FO2/c1-2-3-5-17-8-10-18(11-9-17)19-12-14-20(15-13-19)23(25)26-22-7-4-6-21(24)16-22/h4,6-7,12-18H,2-3,5,8-11H2,1H3. The molecular weight excluding hydrogens is 327 g/mol. The molecule has 2 nitrogen and oxygen atoms in total. The van der Waals surface area contributed by atoms with Crippen LogP contribution in [0.25, 0.3) is 0 Å². The quantitative estimate of drug-likeness (QED) is 0.437. The van der Waals surface area contributed by atoms with Crippen LogP contribution in [0.5, 0.6) is 5.75 Å². The Morgan fingerprint density at radius 3 is 2.46 bits per heavy atom. The smallest absolute Gasteiger partial charge is 0.343 e. The predicted octanol–water partition coefficient (Wildman–Crippen LogP) is 6.51. The molecule has 1 aliphatic rings. The molecule has 0 aromatic heterocycles. The van der Waals surface area contributed by atoms with Gasteiger partial charge in [0, 0.05) is 6.07 Å². The van der Waals surface area contributed by atoms with E-state index in [1.807, 2.05) is 24.3 Å². The number of rotatable bonds is 6. The van der Waals surface area contributed by atoms with Gasteiger partial charge in [0.1, 0.15) is 11.6 Å². The summed E-state index contributed by atoms with van der Waals surface area (Å²) in [6.45, 7) is 2.26.